The summed E-state index contributed by atoms with van der Waals surface area (Å²) in [4.78, 5) is 18.8. The first-order valence-electron chi connectivity index (χ1n) is 10.5. The van der Waals surface area contributed by atoms with Crippen molar-refractivity contribution in [1.29, 1.82) is 5.26 Å². The maximum atomic E-state index is 14.2. The van der Waals surface area contributed by atoms with Crippen LogP contribution in [0.25, 0.3) is 5.69 Å². The average molecular weight is 505 g/mol. The molecule has 0 saturated heterocycles. The van der Waals surface area contributed by atoms with Crippen LogP contribution in [0.2, 0.25) is 0 Å². The van der Waals surface area contributed by atoms with Crippen molar-refractivity contribution in [3.05, 3.63) is 58.8 Å². The van der Waals surface area contributed by atoms with Gasteiger partial charge in [0.1, 0.15) is 17.4 Å². The molecule has 1 aliphatic rings. The lowest BCUT2D eigenvalue weighted by Crippen LogP contribution is -2.33. The van der Waals surface area contributed by atoms with Crippen LogP contribution in [0, 0.1) is 17.1 Å². The fourth-order valence-electron chi connectivity index (χ4n) is 3.78. The van der Waals surface area contributed by atoms with E-state index in [9.17, 15) is 27.6 Å². The second-order valence-corrected chi connectivity index (χ2v) is 7.81. The van der Waals surface area contributed by atoms with Gasteiger partial charge in [-0.25, -0.2) is 14.1 Å². The van der Waals surface area contributed by atoms with E-state index in [4.69, 9.17) is 14.2 Å². The summed E-state index contributed by atoms with van der Waals surface area (Å²) in [5.74, 6) is -2.18. The molecule has 0 radical (unpaired) electrons. The Morgan fingerprint density at radius 3 is 2.56 bits per heavy atom. The highest BCUT2D eigenvalue weighted by atomic mass is 19.4. The molecule has 188 valence electrons. The van der Waals surface area contributed by atoms with E-state index in [0.717, 1.165) is 13.0 Å². The second kappa shape index (κ2) is 9.37. The number of ether oxygens (including phenoxy) is 3. The van der Waals surface area contributed by atoms with Gasteiger partial charge in [-0.1, -0.05) is 0 Å². The fraction of sp³-hybridized carbons (Fsp3) is 0.304. The molecule has 0 saturated carbocycles. The zero-order valence-corrected chi connectivity index (χ0v) is 19.3. The van der Waals surface area contributed by atoms with Gasteiger partial charge in [0.2, 0.25) is 5.88 Å². The van der Waals surface area contributed by atoms with Crippen LogP contribution in [-0.4, -0.2) is 52.1 Å². The number of pyridine rings is 1. The standard InChI is InChI=1S/C23H19F4N5O4/c1-12(23(25,26)27)36-18-5-4-13(7-28)20(34-2)19(18)22(33)31-10-14-8-30-32(17(14)11-31)15-6-16(24)21(35-3)29-9-15/h4-6,8-9,12H,10-11H2,1-3H3. The first-order valence-corrected chi connectivity index (χ1v) is 10.5. The number of nitriles is 1. The number of halogens is 4. The number of carbonyl (C=O) groups is 1. The third kappa shape index (κ3) is 4.37. The van der Waals surface area contributed by atoms with Crippen molar-refractivity contribution in [3.63, 3.8) is 0 Å². The van der Waals surface area contributed by atoms with E-state index in [0.29, 0.717) is 11.3 Å². The highest BCUT2D eigenvalue weighted by molar-refractivity contribution is 6.00. The molecule has 1 atom stereocenters. The summed E-state index contributed by atoms with van der Waals surface area (Å²) < 4.78 is 70.2. The first-order chi connectivity index (χ1) is 17.1. The number of alkyl halides is 3. The van der Waals surface area contributed by atoms with Crippen LogP contribution in [0.15, 0.2) is 30.6 Å². The summed E-state index contributed by atoms with van der Waals surface area (Å²) >= 11 is 0. The summed E-state index contributed by atoms with van der Waals surface area (Å²) in [7, 11) is 2.48. The summed E-state index contributed by atoms with van der Waals surface area (Å²) in [6.45, 7) is 0.867. The maximum Gasteiger partial charge on any atom is 0.425 e. The number of nitrogens with zero attached hydrogens (tertiary/aromatic N) is 5. The topological polar surface area (TPSA) is 103 Å². The van der Waals surface area contributed by atoms with Crippen LogP contribution < -0.4 is 14.2 Å². The Balaban J connectivity index is 1.69. The minimum atomic E-state index is -4.68. The van der Waals surface area contributed by atoms with Gasteiger partial charge in [-0.05, 0) is 19.1 Å². The quantitative estimate of drug-likeness (QED) is 0.470. The van der Waals surface area contributed by atoms with Gasteiger partial charge >= 0.3 is 6.18 Å². The minimum Gasteiger partial charge on any atom is -0.494 e. The number of hydrogen-bond donors (Lipinski definition) is 0. The van der Waals surface area contributed by atoms with Crippen LogP contribution in [0.1, 0.15) is 34.1 Å². The predicted molar refractivity (Wildman–Crippen MR) is 115 cm³/mol. The number of rotatable bonds is 6. The molecular formula is C23H19F4N5O4. The molecule has 0 N–H and O–H groups in total. The number of aromatic nitrogens is 3. The molecule has 36 heavy (non-hydrogen) atoms. The fourth-order valence-corrected chi connectivity index (χ4v) is 3.78. The van der Waals surface area contributed by atoms with Gasteiger partial charge in [-0.2, -0.15) is 23.5 Å². The van der Waals surface area contributed by atoms with E-state index in [1.54, 1.807) is 0 Å². The Labute approximate surface area is 202 Å². The van der Waals surface area contributed by atoms with Crippen LogP contribution in [0.4, 0.5) is 17.6 Å². The van der Waals surface area contributed by atoms with E-state index in [1.807, 2.05) is 6.07 Å². The molecule has 0 spiro atoms. The van der Waals surface area contributed by atoms with Gasteiger partial charge in [0.15, 0.2) is 17.7 Å². The molecule has 1 amide bonds. The highest BCUT2D eigenvalue weighted by Crippen LogP contribution is 2.37. The molecule has 3 heterocycles. The normalized spacial score (nSPS) is 13.7. The Kier molecular flexibility index (Phi) is 6.45. The Bertz CT molecular complexity index is 1370. The molecule has 0 bridgehead atoms. The zero-order chi connectivity index (χ0) is 26.2. The van der Waals surface area contributed by atoms with Crippen molar-refractivity contribution in [2.75, 3.05) is 14.2 Å². The third-order valence-corrected chi connectivity index (χ3v) is 5.60. The van der Waals surface area contributed by atoms with Gasteiger partial charge in [0.25, 0.3) is 5.91 Å². The third-order valence-electron chi connectivity index (χ3n) is 5.60. The van der Waals surface area contributed by atoms with Crippen molar-refractivity contribution >= 4 is 5.91 Å². The molecular weight excluding hydrogens is 486 g/mol. The van der Waals surface area contributed by atoms with E-state index < -0.39 is 24.0 Å². The monoisotopic (exact) mass is 505 g/mol. The molecule has 1 unspecified atom stereocenters. The van der Waals surface area contributed by atoms with Gasteiger partial charge in [-0.15, -0.1) is 0 Å². The summed E-state index contributed by atoms with van der Waals surface area (Å²) in [5, 5.41) is 13.7. The van der Waals surface area contributed by atoms with Crippen molar-refractivity contribution in [2.45, 2.75) is 32.3 Å². The van der Waals surface area contributed by atoms with E-state index in [2.05, 4.69) is 10.1 Å². The van der Waals surface area contributed by atoms with Gasteiger partial charge in [0.05, 0.1) is 50.1 Å². The Morgan fingerprint density at radius 2 is 1.94 bits per heavy atom. The van der Waals surface area contributed by atoms with E-state index in [-0.39, 0.29) is 47.3 Å². The van der Waals surface area contributed by atoms with Crippen molar-refractivity contribution in [2.24, 2.45) is 0 Å². The number of benzene rings is 1. The van der Waals surface area contributed by atoms with Crippen LogP contribution >= 0.6 is 0 Å². The number of methoxy groups -OCH3 is 2. The SMILES string of the molecule is COc1ncc(-n2ncc3c2CN(C(=O)c2c(OC(C)C(F)(F)F)ccc(C#N)c2OC)C3)cc1F. The van der Waals surface area contributed by atoms with Crippen molar-refractivity contribution < 1.29 is 36.6 Å². The molecule has 2 aromatic heterocycles. The van der Waals surface area contributed by atoms with E-state index in [1.165, 1.54) is 48.3 Å². The lowest BCUT2D eigenvalue weighted by atomic mass is 10.1. The largest absolute Gasteiger partial charge is 0.494 e. The lowest BCUT2D eigenvalue weighted by Gasteiger charge is -2.23. The number of fused-ring (bicyclic) bond motifs is 1. The highest BCUT2D eigenvalue weighted by Gasteiger charge is 2.40. The van der Waals surface area contributed by atoms with Gasteiger partial charge < -0.3 is 19.1 Å². The molecule has 9 nitrogen and oxygen atoms in total. The molecule has 1 aromatic carbocycles. The number of hydrogen-bond acceptors (Lipinski definition) is 7. The van der Waals surface area contributed by atoms with Crippen LogP contribution in [0.3, 0.4) is 0 Å². The average Bonchev–Trinajstić information content (AvgIpc) is 3.43. The summed E-state index contributed by atoms with van der Waals surface area (Å²) in [6, 6.07) is 5.38. The summed E-state index contributed by atoms with van der Waals surface area (Å²) in [6.07, 6.45) is -4.06. The van der Waals surface area contributed by atoms with Gasteiger partial charge in [0, 0.05) is 18.2 Å². The van der Waals surface area contributed by atoms with Crippen molar-refractivity contribution in [1.82, 2.24) is 19.7 Å². The maximum absolute atomic E-state index is 14.2. The van der Waals surface area contributed by atoms with Crippen LogP contribution in [0.5, 0.6) is 17.4 Å². The minimum absolute atomic E-state index is 0.00395. The second-order valence-electron chi connectivity index (χ2n) is 7.81. The van der Waals surface area contributed by atoms with Gasteiger partial charge in [-0.3, -0.25) is 4.79 Å². The molecule has 0 fully saturated rings. The van der Waals surface area contributed by atoms with Crippen molar-refractivity contribution in [3.8, 4) is 29.1 Å². The molecule has 3 aromatic rings. The first kappa shape index (κ1) is 24.8. The smallest absolute Gasteiger partial charge is 0.425 e. The molecule has 0 aliphatic carbocycles. The van der Waals surface area contributed by atoms with E-state index >= 15 is 0 Å². The molecule has 4 rings (SSSR count). The lowest BCUT2D eigenvalue weighted by molar-refractivity contribution is -0.189. The molecule has 1 aliphatic heterocycles. The zero-order valence-electron chi connectivity index (χ0n) is 19.3. The number of amides is 1. The predicted octanol–water partition coefficient (Wildman–Crippen LogP) is 3.78. The van der Waals surface area contributed by atoms with Crippen LogP contribution in [-0.2, 0) is 13.1 Å². The Hall–Kier alpha value is -4.34. The summed E-state index contributed by atoms with van der Waals surface area (Å²) in [5.41, 5.74) is 1.12. The molecule has 13 heteroatoms. The Morgan fingerprint density at radius 1 is 1.19 bits per heavy atom. The number of carbonyl (C=O) groups excluding carboxylic acids is 1.